The van der Waals surface area contributed by atoms with Gasteiger partial charge >= 0.3 is 24.4 Å². The highest BCUT2D eigenvalue weighted by Crippen LogP contribution is 2.25. The molecule has 16 heteroatoms. The maximum atomic E-state index is 13.5. The fraction of sp³-hybridized carbons (Fsp3) is 0.700. The Kier molecular flexibility index (Phi) is 21.2. The van der Waals surface area contributed by atoms with Gasteiger partial charge in [0, 0.05) is 24.6 Å². The summed E-state index contributed by atoms with van der Waals surface area (Å²) in [5.41, 5.74) is -1.06. The van der Waals surface area contributed by atoms with Crippen molar-refractivity contribution in [3.63, 3.8) is 0 Å². The van der Waals surface area contributed by atoms with Gasteiger partial charge in [0.15, 0.2) is 0 Å². The molecule has 1 aromatic carbocycles. The number of carbonyl (C=O) groups is 6. The minimum atomic E-state index is -0.835. The Bertz CT molecular complexity index is 1340. The van der Waals surface area contributed by atoms with Crippen LogP contribution >= 0.6 is 23.5 Å². The van der Waals surface area contributed by atoms with Crippen LogP contribution in [0.5, 0.6) is 0 Å². The number of unbranched alkanes of at least 4 members (excludes halogenated alkanes) is 2. The molecule has 0 saturated carbocycles. The summed E-state index contributed by atoms with van der Waals surface area (Å²) in [5.74, 6) is 0.585. The third-order valence-corrected chi connectivity index (χ3v) is 9.03. The van der Waals surface area contributed by atoms with Crippen molar-refractivity contribution in [1.29, 1.82) is 0 Å². The number of ether oxygens (including phenoxy) is 4. The summed E-state index contributed by atoms with van der Waals surface area (Å²) in [5, 5.41) is 10.3. The van der Waals surface area contributed by atoms with Crippen LogP contribution in [0.2, 0.25) is 0 Å². The van der Waals surface area contributed by atoms with Crippen molar-refractivity contribution in [3.8, 4) is 0 Å². The fourth-order valence-electron chi connectivity index (χ4n) is 4.69. The summed E-state index contributed by atoms with van der Waals surface area (Å²) >= 11 is 2.11. The molecule has 2 atom stereocenters. The lowest BCUT2D eigenvalue weighted by atomic mass is 10.1. The average molecular weight is 827 g/mol. The fourth-order valence-corrected chi connectivity index (χ4v) is 6.61. The maximum absolute atomic E-state index is 13.5. The summed E-state index contributed by atoms with van der Waals surface area (Å²) in [6.45, 7) is 21.8. The molecular weight excluding hydrogens is 761 g/mol. The van der Waals surface area contributed by atoms with E-state index in [4.69, 9.17) is 18.9 Å². The zero-order valence-electron chi connectivity index (χ0n) is 35.4. The van der Waals surface area contributed by atoms with Gasteiger partial charge < -0.3 is 40.2 Å². The number of thioether (sulfide) groups is 2. The molecule has 0 bridgehead atoms. The molecule has 0 aliphatic carbocycles. The molecule has 318 valence electrons. The second kappa shape index (κ2) is 23.5. The molecule has 1 rings (SSSR count). The van der Waals surface area contributed by atoms with E-state index in [1.807, 2.05) is 24.3 Å². The van der Waals surface area contributed by atoms with Crippen LogP contribution in [0.15, 0.2) is 24.3 Å². The normalized spacial score (nSPS) is 13.1. The zero-order chi connectivity index (χ0) is 42.7. The van der Waals surface area contributed by atoms with Crippen molar-refractivity contribution in [3.05, 3.63) is 35.4 Å². The van der Waals surface area contributed by atoms with E-state index in [9.17, 15) is 28.8 Å². The van der Waals surface area contributed by atoms with Gasteiger partial charge in [0.1, 0.15) is 34.5 Å². The van der Waals surface area contributed by atoms with Crippen LogP contribution in [-0.2, 0) is 40.0 Å². The lowest BCUT2D eigenvalue weighted by Gasteiger charge is -2.23. The molecule has 0 fully saturated rings. The van der Waals surface area contributed by atoms with Crippen LogP contribution in [0.25, 0.3) is 0 Å². The van der Waals surface area contributed by atoms with Gasteiger partial charge in [-0.25, -0.2) is 19.2 Å². The van der Waals surface area contributed by atoms with Gasteiger partial charge in [0.25, 0.3) is 0 Å². The van der Waals surface area contributed by atoms with Crippen molar-refractivity contribution < 1.29 is 47.7 Å². The van der Waals surface area contributed by atoms with Crippen molar-refractivity contribution >= 4 is 58.1 Å². The number of rotatable bonds is 18. The topological polar surface area (TPSA) is 187 Å². The van der Waals surface area contributed by atoms with Gasteiger partial charge in [0.2, 0.25) is 10.2 Å². The molecule has 0 aliphatic heterocycles. The summed E-state index contributed by atoms with van der Waals surface area (Å²) in [6, 6.07) is 5.79. The molecule has 0 heterocycles. The van der Waals surface area contributed by atoms with Gasteiger partial charge in [0.05, 0.1) is 0 Å². The predicted molar refractivity (Wildman–Crippen MR) is 222 cm³/mol. The molecule has 0 aromatic heterocycles. The molecule has 1 aromatic rings. The molecule has 0 radical (unpaired) electrons. The third-order valence-electron chi connectivity index (χ3n) is 6.98. The highest BCUT2D eigenvalue weighted by molar-refractivity contribution is 8.13. The highest BCUT2D eigenvalue weighted by Gasteiger charge is 2.27. The van der Waals surface area contributed by atoms with E-state index < -0.39 is 58.9 Å². The smallest absolute Gasteiger partial charge is 0.408 e. The predicted octanol–water partition coefficient (Wildman–Crippen LogP) is 8.38. The van der Waals surface area contributed by atoms with E-state index in [1.165, 1.54) is 0 Å². The SMILES string of the molecule is CC(C)(C)OC(=O)NCCCC[C@H](NC(=O)OC(C)(C)C)C(=O)SCc1ccccc1CSC(=O)[C@H](CCCCNC(=O)OC(C)(C)C)NC(=O)OC(C)(C)C. The Labute approximate surface area is 342 Å². The molecule has 0 unspecified atom stereocenters. The Morgan fingerprint density at radius 2 is 0.804 bits per heavy atom. The standard InChI is InChI=1S/C40H66N4O10S2/c1-37(2,3)51-33(47)41-23-17-15-21-29(43-35(49)53-39(7,8)9)31(45)55-25-27-19-13-14-20-28(27)26-56-32(46)30(44-36(50)54-40(10,11)12)22-16-18-24-42-34(48)52-38(4,5)6/h13-14,19-20,29-30H,15-18,21-26H2,1-12H3,(H,41,47)(H,42,48)(H,43,49)(H,44,50)/t29-,30-/m0/s1. The van der Waals surface area contributed by atoms with Crippen LogP contribution < -0.4 is 21.3 Å². The van der Waals surface area contributed by atoms with Gasteiger partial charge in [-0.15, -0.1) is 0 Å². The molecule has 0 spiro atoms. The molecular formula is C40H66N4O10S2. The molecule has 0 aliphatic rings. The summed E-state index contributed by atoms with van der Waals surface area (Å²) in [6.07, 6.45) is 0.408. The summed E-state index contributed by atoms with van der Waals surface area (Å²) in [7, 11) is 0. The largest absolute Gasteiger partial charge is 0.444 e. The second-order valence-electron chi connectivity index (χ2n) is 17.2. The van der Waals surface area contributed by atoms with Crippen LogP contribution in [0.3, 0.4) is 0 Å². The van der Waals surface area contributed by atoms with Gasteiger partial charge in [-0.2, -0.15) is 0 Å². The number of hydrogen-bond donors (Lipinski definition) is 4. The Balaban J connectivity index is 2.92. The summed E-state index contributed by atoms with van der Waals surface area (Å²) in [4.78, 5) is 76.3. The third kappa shape index (κ3) is 25.5. The van der Waals surface area contributed by atoms with E-state index >= 15 is 0 Å². The second-order valence-corrected chi connectivity index (χ2v) is 19.2. The van der Waals surface area contributed by atoms with Gasteiger partial charge in [-0.3, -0.25) is 9.59 Å². The van der Waals surface area contributed by atoms with Crippen LogP contribution in [0, 0.1) is 0 Å². The monoisotopic (exact) mass is 826 g/mol. The highest BCUT2D eigenvalue weighted by atomic mass is 32.2. The average Bonchev–Trinajstić information content (AvgIpc) is 3.01. The molecule has 56 heavy (non-hydrogen) atoms. The van der Waals surface area contributed by atoms with E-state index in [-0.39, 0.29) is 10.2 Å². The minimum Gasteiger partial charge on any atom is -0.444 e. The number of benzene rings is 1. The lowest BCUT2D eigenvalue weighted by molar-refractivity contribution is -0.113. The Morgan fingerprint density at radius 3 is 1.11 bits per heavy atom. The van der Waals surface area contributed by atoms with Gasteiger partial charge in [-0.1, -0.05) is 47.8 Å². The van der Waals surface area contributed by atoms with E-state index in [1.54, 1.807) is 83.1 Å². The first kappa shape index (κ1) is 50.4. The summed E-state index contributed by atoms with van der Waals surface area (Å²) < 4.78 is 21.4. The van der Waals surface area contributed by atoms with Crippen molar-refractivity contribution in [1.82, 2.24) is 21.3 Å². The van der Waals surface area contributed by atoms with Crippen LogP contribution in [0.4, 0.5) is 19.2 Å². The molecule has 0 saturated heterocycles. The Morgan fingerprint density at radius 1 is 0.500 bits per heavy atom. The first-order chi connectivity index (χ1) is 25.7. The van der Waals surface area contributed by atoms with Crippen molar-refractivity contribution in [2.24, 2.45) is 0 Å². The van der Waals surface area contributed by atoms with E-state index in [2.05, 4.69) is 21.3 Å². The van der Waals surface area contributed by atoms with Crippen LogP contribution in [0.1, 0.15) is 133 Å². The van der Waals surface area contributed by atoms with E-state index in [0.29, 0.717) is 63.1 Å². The Hall–Kier alpha value is -3.66. The number of hydrogen-bond acceptors (Lipinski definition) is 12. The molecule has 14 nitrogen and oxygen atoms in total. The first-order valence-corrected chi connectivity index (χ1v) is 21.0. The number of nitrogens with one attached hydrogen (secondary N) is 4. The van der Waals surface area contributed by atoms with Gasteiger partial charge in [-0.05, 0) is 133 Å². The molecule has 4 N–H and O–H groups in total. The maximum Gasteiger partial charge on any atom is 0.408 e. The van der Waals surface area contributed by atoms with Crippen molar-refractivity contribution in [2.75, 3.05) is 13.1 Å². The quantitative estimate of drug-likeness (QED) is 0.0819. The zero-order valence-corrected chi connectivity index (χ0v) is 37.1. The first-order valence-electron chi connectivity index (χ1n) is 19.1. The van der Waals surface area contributed by atoms with Crippen LogP contribution in [-0.4, -0.2) is 82.2 Å². The number of carbonyl (C=O) groups excluding carboxylic acids is 6. The van der Waals surface area contributed by atoms with E-state index in [0.717, 1.165) is 34.7 Å². The molecule has 4 amide bonds. The lowest BCUT2D eigenvalue weighted by Crippen LogP contribution is -2.42. The number of alkyl carbamates (subject to hydrolysis) is 4. The number of amides is 4. The van der Waals surface area contributed by atoms with Crippen molar-refractivity contribution in [2.45, 2.75) is 168 Å². The minimum absolute atomic E-state index is 0.253.